The Kier molecular flexibility index (Phi) is 3.99. The Hall–Kier alpha value is -2.12. The molecule has 0 saturated carbocycles. The summed E-state index contributed by atoms with van der Waals surface area (Å²) in [5.41, 5.74) is 2.04. The lowest BCUT2D eigenvalue weighted by atomic mass is 10.2. The number of aryl methyl sites for hydroxylation is 1. The van der Waals surface area contributed by atoms with E-state index in [1.165, 1.54) is 16.2 Å². The third-order valence-electron chi connectivity index (χ3n) is 3.49. The fourth-order valence-corrected chi connectivity index (χ4v) is 4.01. The van der Waals surface area contributed by atoms with Gasteiger partial charge in [0.25, 0.3) is 10.0 Å². The van der Waals surface area contributed by atoms with Crippen molar-refractivity contribution in [1.29, 1.82) is 0 Å². The normalized spacial score (nSPS) is 12.3. The number of nitrogens with zero attached hydrogens (tertiary/aromatic N) is 2. The number of aliphatic hydroxyl groups excluding tert-OH is 1. The molecule has 0 amide bonds. The predicted octanol–water partition coefficient (Wildman–Crippen LogP) is 3.87. The Bertz CT molecular complexity index is 1010. The summed E-state index contributed by atoms with van der Waals surface area (Å²) in [5, 5.41) is 9.66. The van der Waals surface area contributed by atoms with Gasteiger partial charge in [0.05, 0.1) is 16.7 Å². The molecular formula is C16H13BrN2O3S. The van der Waals surface area contributed by atoms with Gasteiger partial charge in [-0.3, -0.25) is 0 Å². The average molecular weight is 393 g/mol. The molecule has 0 aliphatic heterocycles. The van der Waals surface area contributed by atoms with E-state index in [9.17, 15) is 8.42 Å². The zero-order chi connectivity index (χ0) is 16.6. The van der Waals surface area contributed by atoms with Crippen molar-refractivity contribution < 1.29 is 13.5 Å². The maximum atomic E-state index is 12.9. The molecular weight excluding hydrogens is 380 g/mol. The molecule has 118 valence electrons. The zero-order valence-electron chi connectivity index (χ0n) is 12.1. The molecule has 0 atom stereocenters. The van der Waals surface area contributed by atoms with Gasteiger partial charge in [0.2, 0.25) is 0 Å². The molecule has 23 heavy (non-hydrogen) atoms. The molecule has 3 aromatic rings. The number of hydrogen-bond acceptors (Lipinski definition) is 4. The highest BCUT2D eigenvalue weighted by atomic mass is 79.9. The van der Waals surface area contributed by atoms with Gasteiger partial charge in [0.1, 0.15) is 4.60 Å². The van der Waals surface area contributed by atoms with Crippen LogP contribution in [0.4, 0.5) is 0 Å². The van der Waals surface area contributed by atoms with Crippen LogP contribution in [0.5, 0.6) is 0 Å². The Morgan fingerprint density at radius 1 is 1.26 bits per heavy atom. The first-order valence-corrected chi connectivity index (χ1v) is 8.96. The van der Waals surface area contributed by atoms with Crippen molar-refractivity contribution in [3.63, 3.8) is 0 Å². The van der Waals surface area contributed by atoms with E-state index >= 15 is 0 Å². The number of fused-ring (bicyclic) bond motifs is 1. The van der Waals surface area contributed by atoms with Gasteiger partial charge in [-0.2, -0.15) is 0 Å². The summed E-state index contributed by atoms with van der Waals surface area (Å²) in [4.78, 5) is 4.32. The summed E-state index contributed by atoms with van der Waals surface area (Å²) in [7, 11) is -3.74. The van der Waals surface area contributed by atoms with Crippen LogP contribution >= 0.6 is 15.9 Å². The molecule has 0 aliphatic carbocycles. The second kappa shape index (κ2) is 5.82. The van der Waals surface area contributed by atoms with Crippen LogP contribution in [0, 0.1) is 6.92 Å². The lowest BCUT2D eigenvalue weighted by Gasteiger charge is -2.08. The third-order valence-corrected chi connectivity index (χ3v) is 5.61. The molecule has 2 aromatic heterocycles. The van der Waals surface area contributed by atoms with Crippen LogP contribution in [-0.2, 0) is 10.0 Å². The van der Waals surface area contributed by atoms with Crippen LogP contribution in [0.15, 0.2) is 58.5 Å². The standard InChI is InChI=1S/C16H13BrN2O3S/c1-11-2-4-13(5-3-11)23(21,22)19-10-12(6-7-20)14-9-18-16(17)8-15(14)19/h2-10,20H,1H3/b7-6+. The molecule has 0 radical (unpaired) electrons. The summed E-state index contributed by atoms with van der Waals surface area (Å²) < 4.78 is 27.6. The van der Waals surface area contributed by atoms with Gasteiger partial charge in [-0.25, -0.2) is 17.4 Å². The number of pyridine rings is 1. The highest BCUT2D eigenvalue weighted by Crippen LogP contribution is 2.28. The first-order valence-electron chi connectivity index (χ1n) is 6.73. The minimum Gasteiger partial charge on any atom is -0.516 e. The highest BCUT2D eigenvalue weighted by molar-refractivity contribution is 9.10. The predicted molar refractivity (Wildman–Crippen MR) is 92.9 cm³/mol. The van der Waals surface area contributed by atoms with E-state index in [1.54, 1.807) is 36.5 Å². The van der Waals surface area contributed by atoms with E-state index in [2.05, 4.69) is 20.9 Å². The van der Waals surface area contributed by atoms with Crippen molar-refractivity contribution in [1.82, 2.24) is 8.96 Å². The summed E-state index contributed by atoms with van der Waals surface area (Å²) in [5.74, 6) is 0. The molecule has 3 rings (SSSR count). The maximum Gasteiger partial charge on any atom is 0.268 e. The molecule has 0 bridgehead atoms. The largest absolute Gasteiger partial charge is 0.516 e. The number of hydrogen-bond donors (Lipinski definition) is 1. The number of aromatic nitrogens is 2. The van der Waals surface area contributed by atoms with Gasteiger partial charge in [0, 0.05) is 23.3 Å². The van der Waals surface area contributed by atoms with E-state index in [1.807, 2.05) is 6.92 Å². The fourth-order valence-electron chi connectivity index (χ4n) is 2.33. The highest BCUT2D eigenvalue weighted by Gasteiger charge is 2.21. The lowest BCUT2D eigenvalue weighted by molar-refractivity contribution is 0.478. The van der Waals surface area contributed by atoms with Gasteiger partial charge in [-0.1, -0.05) is 17.7 Å². The number of rotatable bonds is 3. The molecule has 0 aliphatic rings. The minimum atomic E-state index is -3.74. The summed E-state index contributed by atoms with van der Waals surface area (Å²) in [6.45, 7) is 1.90. The van der Waals surface area contributed by atoms with Gasteiger partial charge < -0.3 is 5.11 Å². The Morgan fingerprint density at radius 3 is 2.61 bits per heavy atom. The summed E-state index contributed by atoms with van der Waals surface area (Å²) in [6, 6.07) is 8.30. The minimum absolute atomic E-state index is 0.201. The first-order chi connectivity index (χ1) is 10.9. The number of aliphatic hydroxyl groups is 1. The van der Waals surface area contributed by atoms with Crippen LogP contribution in [-0.4, -0.2) is 22.5 Å². The monoisotopic (exact) mass is 392 g/mol. The Labute approximate surface area is 142 Å². The quantitative estimate of drug-likeness (QED) is 0.542. The fraction of sp³-hybridized carbons (Fsp3) is 0.0625. The van der Waals surface area contributed by atoms with E-state index in [4.69, 9.17) is 5.11 Å². The third kappa shape index (κ3) is 2.77. The molecule has 7 heteroatoms. The van der Waals surface area contributed by atoms with Crippen LogP contribution < -0.4 is 0 Å². The molecule has 5 nitrogen and oxygen atoms in total. The van der Waals surface area contributed by atoms with Crippen molar-refractivity contribution in [2.75, 3.05) is 0 Å². The van der Waals surface area contributed by atoms with Crippen molar-refractivity contribution in [2.24, 2.45) is 0 Å². The van der Waals surface area contributed by atoms with Crippen LogP contribution in [0.1, 0.15) is 11.1 Å². The smallest absolute Gasteiger partial charge is 0.268 e. The van der Waals surface area contributed by atoms with Crippen molar-refractivity contribution in [2.45, 2.75) is 11.8 Å². The molecule has 2 heterocycles. The van der Waals surface area contributed by atoms with Gasteiger partial charge in [-0.05, 0) is 47.1 Å². The number of halogens is 1. The van der Waals surface area contributed by atoms with E-state index < -0.39 is 10.0 Å². The van der Waals surface area contributed by atoms with Crippen LogP contribution in [0.3, 0.4) is 0 Å². The number of benzene rings is 1. The summed E-state index contributed by atoms with van der Waals surface area (Å²) in [6.07, 6.45) is 5.34. The molecule has 0 unspecified atom stereocenters. The van der Waals surface area contributed by atoms with Gasteiger partial charge in [0.15, 0.2) is 0 Å². The van der Waals surface area contributed by atoms with Gasteiger partial charge in [-0.15, -0.1) is 0 Å². The SMILES string of the molecule is Cc1ccc(S(=O)(=O)n2cc(/C=C/O)c3cnc(Br)cc32)cc1. The molecule has 0 spiro atoms. The van der Waals surface area contributed by atoms with E-state index in [0.717, 1.165) is 11.8 Å². The second-order valence-electron chi connectivity index (χ2n) is 5.04. The topological polar surface area (TPSA) is 72.2 Å². The first kappa shape index (κ1) is 15.8. The molecule has 0 saturated heterocycles. The maximum absolute atomic E-state index is 12.9. The molecule has 0 fully saturated rings. The van der Waals surface area contributed by atoms with E-state index in [0.29, 0.717) is 21.1 Å². The van der Waals surface area contributed by atoms with Crippen LogP contribution in [0.2, 0.25) is 0 Å². The molecule has 1 N–H and O–H groups in total. The van der Waals surface area contributed by atoms with Crippen LogP contribution in [0.25, 0.3) is 17.0 Å². The zero-order valence-corrected chi connectivity index (χ0v) is 14.5. The Balaban J connectivity index is 2.30. The second-order valence-corrected chi connectivity index (χ2v) is 7.67. The van der Waals surface area contributed by atoms with Crippen molar-refractivity contribution in [3.8, 4) is 0 Å². The lowest BCUT2D eigenvalue weighted by Crippen LogP contribution is -2.11. The van der Waals surface area contributed by atoms with Gasteiger partial charge >= 0.3 is 0 Å². The molecule has 1 aromatic carbocycles. The summed E-state index contributed by atoms with van der Waals surface area (Å²) >= 11 is 3.26. The van der Waals surface area contributed by atoms with Crippen molar-refractivity contribution >= 4 is 42.9 Å². The average Bonchev–Trinajstić information content (AvgIpc) is 2.87. The Morgan fingerprint density at radius 2 is 1.96 bits per heavy atom. The van der Waals surface area contributed by atoms with Crippen molar-refractivity contribution in [3.05, 3.63) is 64.7 Å². The van der Waals surface area contributed by atoms with E-state index in [-0.39, 0.29) is 4.90 Å².